The van der Waals surface area contributed by atoms with Crippen LogP contribution in [0.2, 0.25) is 0 Å². The van der Waals surface area contributed by atoms with Crippen molar-refractivity contribution in [1.29, 1.82) is 0 Å². The number of rotatable bonds is 5. The van der Waals surface area contributed by atoms with Gasteiger partial charge in [-0.25, -0.2) is 4.39 Å². The Bertz CT molecular complexity index is 1250. The van der Waals surface area contributed by atoms with Gasteiger partial charge in [0.15, 0.2) is 17.3 Å². The summed E-state index contributed by atoms with van der Waals surface area (Å²) in [5.41, 5.74) is -1.01. The summed E-state index contributed by atoms with van der Waals surface area (Å²) >= 11 is 0. The number of carbonyl (C=O) groups is 2. The van der Waals surface area contributed by atoms with E-state index < -0.39 is 51.2 Å². The quantitative estimate of drug-likeness (QED) is 0.361. The molecule has 1 aromatic heterocycles. The Hall–Kier alpha value is -4.47. The zero-order valence-electron chi connectivity index (χ0n) is 15.6. The van der Waals surface area contributed by atoms with Gasteiger partial charge < -0.3 is 14.6 Å². The Morgan fingerprint density at radius 2 is 1.90 bits per heavy atom. The minimum Gasteiger partial charge on any atom is -0.503 e. The molecule has 4 rings (SSSR count). The molecule has 0 aliphatic carbocycles. The Labute approximate surface area is 173 Å². The first kappa shape index (κ1) is 19.8. The van der Waals surface area contributed by atoms with Crippen LogP contribution in [0.25, 0.3) is 0 Å². The highest BCUT2D eigenvalue weighted by molar-refractivity contribution is 6.20. The van der Waals surface area contributed by atoms with Crippen molar-refractivity contribution >= 4 is 23.1 Å². The highest BCUT2D eigenvalue weighted by Crippen LogP contribution is 2.43. The molecule has 1 aliphatic heterocycles. The van der Waals surface area contributed by atoms with Gasteiger partial charge in [0, 0.05) is 11.8 Å². The second-order valence-electron chi connectivity index (χ2n) is 6.63. The second kappa shape index (κ2) is 7.41. The number of aliphatic hydroxyl groups is 1. The van der Waals surface area contributed by atoms with Gasteiger partial charge in [-0.05, 0) is 42.0 Å². The number of halogens is 1. The van der Waals surface area contributed by atoms with Gasteiger partial charge in [0.05, 0.1) is 22.8 Å². The first-order chi connectivity index (χ1) is 14.8. The summed E-state index contributed by atoms with van der Waals surface area (Å²) < 4.78 is 18.9. The second-order valence-corrected chi connectivity index (χ2v) is 6.63. The lowest BCUT2D eigenvalue weighted by atomic mass is 9.94. The third kappa shape index (κ3) is 3.29. The molecule has 0 spiro atoms. The number of furan rings is 1. The number of phenols is 1. The van der Waals surface area contributed by atoms with E-state index in [1.54, 1.807) is 0 Å². The van der Waals surface area contributed by atoms with E-state index >= 15 is 0 Å². The van der Waals surface area contributed by atoms with Gasteiger partial charge in [0.1, 0.15) is 5.82 Å². The van der Waals surface area contributed by atoms with Gasteiger partial charge >= 0.3 is 5.69 Å². The number of nitro benzene ring substituents is 1. The number of hydrogen-bond acceptors (Lipinski definition) is 7. The summed E-state index contributed by atoms with van der Waals surface area (Å²) in [6, 6.07) is 9.58. The minimum absolute atomic E-state index is 0.0134. The Kier molecular flexibility index (Phi) is 4.74. The molecule has 1 amide bonds. The van der Waals surface area contributed by atoms with Crippen molar-refractivity contribution in [2.75, 3.05) is 4.90 Å². The van der Waals surface area contributed by atoms with Crippen LogP contribution in [-0.4, -0.2) is 26.8 Å². The van der Waals surface area contributed by atoms with Gasteiger partial charge in [-0.2, -0.15) is 0 Å². The standard InChI is InChI=1S/C21H13FN2O7/c22-12-3-1-4-13(10-12)23-18(11-6-7-15(25)14(9-11)24(29)30)17(20(27)21(23)28)19(26)16-5-2-8-31-16/h1-10,18,25,27H. The van der Waals surface area contributed by atoms with Crippen LogP contribution in [0.15, 0.2) is 76.6 Å². The molecule has 0 fully saturated rings. The van der Waals surface area contributed by atoms with Crippen LogP contribution in [0, 0.1) is 15.9 Å². The first-order valence-electron chi connectivity index (χ1n) is 8.87. The summed E-state index contributed by atoms with van der Waals surface area (Å²) in [6.07, 6.45) is 1.23. The molecule has 0 saturated carbocycles. The summed E-state index contributed by atoms with van der Waals surface area (Å²) in [6.45, 7) is 0. The number of benzene rings is 2. The largest absolute Gasteiger partial charge is 0.503 e. The van der Waals surface area contributed by atoms with Gasteiger partial charge in [-0.1, -0.05) is 12.1 Å². The molecule has 2 aromatic carbocycles. The number of hydrogen-bond donors (Lipinski definition) is 2. The molecule has 1 unspecified atom stereocenters. The number of nitro groups is 1. The summed E-state index contributed by atoms with van der Waals surface area (Å²) in [5.74, 6) is -4.19. The molecule has 10 heteroatoms. The van der Waals surface area contributed by atoms with E-state index in [-0.39, 0.29) is 17.0 Å². The third-order valence-corrected chi connectivity index (χ3v) is 4.80. The maximum absolute atomic E-state index is 13.9. The number of aromatic hydroxyl groups is 1. The normalized spacial score (nSPS) is 16.1. The number of amides is 1. The minimum atomic E-state index is -1.34. The van der Waals surface area contributed by atoms with Crippen molar-refractivity contribution in [2.45, 2.75) is 6.04 Å². The molecule has 0 saturated heterocycles. The molecule has 1 aliphatic rings. The summed E-state index contributed by atoms with van der Waals surface area (Å²) in [5, 5.41) is 31.6. The highest BCUT2D eigenvalue weighted by Gasteiger charge is 2.45. The maximum atomic E-state index is 13.9. The molecule has 156 valence electrons. The van der Waals surface area contributed by atoms with Gasteiger partial charge in [0.25, 0.3) is 5.91 Å². The van der Waals surface area contributed by atoms with Crippen LogP contribution in [0.5, 0.6) is 5.75 Å². The Morgan fingerprint density at radius 1 is 1.13 bits per heavy atom. The molecule has 2 heterocycles. The fourth-order valence-corrected chi connectivity index (χ4v) is 3.44. The average molecular weight is 424 g/mol. The Balaban J connectivity index is 1.94. The van der Waals surface area contributed by atoms with Crippen molar-refractivity contribution in [3.63, 3.8) is 0 Å². The third-order valence-electron chi connectivity index (χ3n) is 4.80. The Morgan fingerprint density at radius 3 is 2.55 bits per heavy atom. The molecule has 9 nitrogen and oxygen atoms in total. The molecule has 0 radical (unpaired) electrons. The van der Waals surface area contributed by atoms with Gasteiger partial charge in [-0.3, -0.25) is 24.6 Å². The molecule has 3 aromatic rings. The first-order valence-corrected chi connectivity index (χ1v) is 8.87. The van der Waals surface area contributed by atoms with E-state index in [1.807, 2.05) is 0 Å². The van der Waals surface area contributed by atoms with Gasteiger partial charge in [-0.15, -0.1) is 0 Å². The SMILES string of the molecule is O=C(C1=C(O)C(=O)N(c2cccc(F)c2)C1c1ccc(O)c([N+](=O)[O-])c1)c1ccco1. The fourth-order valence-electron chi connectivity index (χ4n) is 3.44. The summed E-state index contributed by atoms with van der Waals surface area (Å²) in [7, 11) is 0. The lowest BCUT2D eigenvalue weighted by Crippen LogP contribution is -2.31. The van der Waals surface area contributed by atoms with E-state index in [0.29, 0.717) is 0 Å². The fraction of sp³-hybridized carbons (Fsp3) is 0.0476. The summed E-state index contributed by atoms with van der Waals surface area (Å²) in [4.78, 5) is 37.3. The van der Waals surface area contributed by atoms with Crippen LogP contribution in [0.4, 0.5) is 15.8 Å². The number of nitrogens with zero attached hydrogens (tertiary/aromatic N) is 2. The zero-order chi connectivity index (χ0) is 22.3. The molecule has 31 heavy (non-hydrogen) atoms. The van der Waals surface area contributed by atoms with Crippen molar-refractivity contribution in [3.8, 4) is 5.75 Å². The molecule has 1 atom stereocenters. The molecule has 2 N–H and O–H groups in total. The molecule has 0 bridgehead atoms. The lowest BCUT2D eigenvalue weighted by Gasteiger charge is -2.26. The van der Waals surface area contributed by atoms with Crippen LogP contribution < -0.4 is 4.90 Å². The zero-order valence-corrected chi connectivity index (χ0v) is 15.6. The number of carbonyl (C=O) groups excluding carboxylic acids is 2. The van der Waals surface area contributed by atoms with E-state index in [0.717, 1.165) is 29.2 Å². The number of anilines is 1. The predicted molar refractivity (Wildman–Crippen MR) is 104 cm³/mol. The number of aliphatic hydroxyl groups excluding tert-OH is 1. The lowest BCUT2D eigenvalue weighted by molar-refractivity contribution is -0.385. The van der Waals surface area contributed by atoms with Crippen molar-refractivity contribution < 1.29 is 33.5 Å². The van der Waals surface area contributed by atoms with Crippen molar-refractivity contribution in [1.82, 2.24) is 0 Å². The number of phenolic OH excluding ortho intramolecular Hbond substituents is 1. The van der Waals surface area contributed by atoms with Crippen LogP contribution >= 0.6 is 0 Å². The average Bonchev–Trinajstić information content (AvgIpc) is 3.35. The molecular formula is C21H13FN2O7. The highest BCUT2D eigenvalue weighted by atomic mass is 19.1. The van der Waals surface area contributed by atoms with Crippen molar-refractivity contribution in [2.24, 2.45) is 0 Å². The topological polar surface area (TPSA) is 134 Å². The van der Waals surface area contributed by atoms with E-state index in [4.69, 9.17) is 4.42 Å². The van der Waals surface area contributed by atoms with E-state index in [2.05, 4.69) is 0 Å². The van der Waals surface area contributed by atoms with E-state index in [1.165, 1.54) is 36.6 Å². The smallest absolute Gasteiger partial charge is 0.311 e. The number of ketones is 1. The predicted octanol–water partition coefficient (Wildman–Crippen LogP) is 3.82. The van der Waals surface area contributed by atoms with Gasteiger partial charge in [0.2, 0.25) is 5.78 Å². The van der Waals surface area contributed by atoms with Crippen LogP contribution in [-0.2, 0) is 4.79 Å². The van der Waals surface area contributed by atoms with Crippen molar-refractivity contribution in [3.05, 3.63) is 99.4 Å². The number of Topliss-reactive ketones (excluding diaryl/α,β-unsaturated/α-hetero) is 1. The van der Waals surface area contributed by atoms with E-state index in [9.17, 15) is 34.3 Å². The maximum Gasteiger partial charge on any atom is 0.311 e. The molecular weight excluding hydrogens is 411 g/mol. The van der Waals surface area contributed by atoms with Crippen LogP contribution in [0.1, 0.15) is 22.2 Å². The van der Waals surface area contributed by atoms with Crippen LogP contribution in [0.3, 0.4) is 0 Å². The monoisotopic (exact) mass is 424 g/mol.